The van der Waals surface area contributed by atoms with Crippen molar-refractivity contribution in [1.82, 2.24) is 9.88 Å². The molecular weight excluding hydrogens is 342 g/mol. The zero-order valence-electron chi connectivity index (χ0n) is 15.6. The number of carbonyl (C=O) groups is 1. The first-order chi connectivity index (χ1) is 13.2. The van der Waals surface area contributed by atoms with E-state index in [1.54, 1.807) is 19.4 Å². The van der Waals surface area contributed by atoms with Crippen molar-refractivity contribution in [1.29, 1.82) is 0 Å². The third kappa shape index (κ3) is 3.62. The number of pyridine rings is 1. The monoisotopic (exact) mass is 367 g/mol. The third-order valence-electron chi connectivity index (χ3n) is 5.58. The van der Waals surface area contributed by atoms with Gasteiger partial charge in [-0.2, -0.15) is 0 Å². The average molecular weight is 367 g/mol. The molecule has 0 saturated carbocycles. The van der Waals surface area contributed by atoms with Crippen LogP contribution in [-0.2, 0) is 4.74 Å². The van der Waals surface area contributed by atoms with Gasteiger partial charge in [-0.25, -0.2) is 4.98 Å². The predicted octanol–water partition coefficient (Wildman–Crippen LogP) is 2.82. The zero-order chi connectivity index (χ0) is 18.7. The van der Waals surface area contributed by atoms with Crippen molar-refractivity contribution in [3.05, 3.63) is 54.2 Å². The number of likely N-dealkylation sites (tertiary alicyclic amines) is 1. The Morgan fingerprint density at radius 3 is 3.00 bits per heavy atom. The SMILES string of the molecule is COc1cccc(C(=O)N2CC3(C2)OCCC3CCNc2ccccn2)c1. The van der Waals surface area contributed by atoms with Gasteiger partial charge in [0.2, 0.25) is 0 Å². The van der Waals surface area contributed by atoms with Gasteiger partial charge < -0.3 is 19.7 Å². The second kappa shape index (κ2) is 7.56. The number of ether oxygens (including phenoxy) is 2. The summed E-state index contributed by atoms with van der Waals surface area (Å²) in [6.45, 7) is 2.96. The van der Waals surface area contributed by atoms with Crippen molar-refractivity contribution >= 4 is 11.7 Å². The second-order valence-corrected chi connectivity index (χ2v) is 7.22. The van der Waals surface area contributed by atoms with Gasteiger partial charge in [0.25, 0.3) is 5.91 Å². The Morgan fingerprint density at radius 2 is 2.22 bits per heavy atom. The molecule has 6 nitrogen and oxygen atoms in total. The molecule has 6 heteroatoms. The second-order valence-electron chi connectivity index (χ2n) is 7.22. The summed E-state index contributed by atoms with van der Waals surface area (Å²) in [7, 11) is 1.61. The summed E-state index contributed by atoms with van der Waals surface area (Å²) in [6.07, 6.45) is 3.85. The Hall–Kier alpha value is -2.60. The maximum Gasteiger partial charge on any atom is 0.254 e. The molecule has 1 spiro atoms. The standard InChI is InChI=1S/C21H25N3O3/c1-26-18-6-4-5-16(13-18)20(25)24-14-21(15-24)17(9-12-27-21)8-11-23-19-7-2-3-10-22-19/h2-7,10,13,17H,8-9,11-12,14-15H2,1H3,(H,22,23). The Kier molecular flexibility index (Phi) is 4.99. The Bertz CT molecular complexity index is 790. The fourth-order valence-electron chi connectivity index (χ4n) is 4.07. The number of rotatable bonds is 6. The number of methoxy groups -OCH3 is 1. The Balaban J connectivity index is 1.32. The van der Waals surface area contributed by atoms with Crippen LogP contribution < -0.4 is 10.1 Å². The van der Waals surface area contributed by atoms with Crippen LogP contribution in [0, 0.1) is 5.92 Å². The fraction of sp³-hybridized carbons (Fsp3) is 0.429. The van der Waals surface area contributed by atoms with Crippen molar-refractivity contribution < 1.29 is 14.3 Å². The van der Waals surface area contributed by atoms with E-state index in [4.69, 9.17) is 9.47 Å². The van der Waals surface area contributed by atoms with Crippen LogP contribution in [0.1, 0.15) is 23.2 Å². The van der Waals surface area contributed by atoms with Crippen LogP contribution in [0.3, 0.4) is 0 Å². The highest BCUT2D eigenvalue weighted by molar-refractivity contribution is 5.95. The lowest BCUT2D eigenvalue weighted by molar-refractivity contribution is -0.117. The van der Waals surface area contributed by atoms with Crippen LogP contribution in [0.15, 0.2) is 48.7 Å². The van der Waals surface area contributed by atoms with Crippen LogP contribution in [0.2, 0.25) is 0 Å². The van der Waals surface area contributed by atoms with E-state index in [2.05, 4.69) is 10.3 Å². The van der Waals surface area contributed by atoms with Crippen molar-refractivity contribution in [2.45, 2.75) is 18.4 Å². The van der Waals surface area contributed by atoms with Crippen molar-refractivity contribution in [3.63, 3.8) is 0 Å². The molecule has 1 N–H and O–H groups in total. The molecule has 3 heterocycles. The number of carbonyl (C=O) groups excluding carboxylic acids is 1. The molecule has 4 rings (SSSR count). The average Bonchev–Trinajstić information content (AvgIpc) is 3.11. The molecule has 2 aromatic rings. The van der Waals surface area contributed by atoms with Crippen LogP contribution in [-0.4, -0.2) is 54.7 Å². The summed E-state index contributed by atoms with van der Waals surface area (Å²) in [6, 6.07) is 13.2. The topological polar surface area (TPSA) is 63.7 Å². The van der Waals surface area contributed by atoms with E-state index < -0.39 is 0 Å². The molecule has 2 fully saturated rings. The number of hydrogen-bond donors (Lipinski definition) is 1. The molecule has 1 aromatic carbocycles. The Morgan fingerprint density at radius 1 is 1.33 bits per heavy atom. The quantitative estimate of drug-likeness (QED) is 0.851. The number of hydrogen-bond acceptors (Lipinski definition) is 5. The smallest absolute Gasteiger partial charge is 0.254 e. The highest BCUT2D eigenvalue weighted by Gasteiger charge is 2.54. The first-order valence-corrected chi connectivity index (χ1v) is 9.42. The highest BCUT2D eigenvalue weighted by atomic mass is 16.5. The molecule has 2 aliphatic rings. The van der Waals surface area contributed by atoms with E-state index in [1.807, 2.05) is 41.3 Å². The van der Waals surface area contributed by atoms with Gasteiger partial charge in [-0.1, -0.05) is 12.1 Å². The molecule has 0 radical (unpaired) electrons. The molecular formula is C21H25N3O3. The number of anilines is 1. The Labute approximate surface area is 159 Å². The van der Waals surface area contributed by atoms with Crippen LogP contribution >= 0.6 is 0 Å². The van der Waals surface area contributed by atoms with Crippen molar-refractivity contribution in [2.24, 2.45) is 5.92 Å². The number of nitrogens with zero attached hydrogens (tertiary/aromatic N) is 2. The van der Waals surface area contributed by atoms with Gasteiger partial charge in [-0.15, -0.1) is 0 Å². The van der Waals surface area contributed by atoms with Gasteiger partial charge in [0, 0.05) is 24.9 Å². The molecule has 1 aromatic heterocycles. The minimum atomic E-state index is -0.180. The lowest BCUT2D eigenvalue weighted by atomic mass is 9.78. The summed E-state index contributed by atoms with van der Waals surface area (Å²) in [5.41, 5.74) is 0.482. The largest absolute Gasteiger partial charge is 0.497 e. The fourth-order valence-corrected chi connectivity index (χ4v) is 4.07. The number of aromatic nitrogens is 1. The normalized spacial score (nSPS) is 20.3. The summed E-state index contributed by atoms with van der Waals surface area (Å²) < 4.78 is 11.3. The molecule has 142 valence electrons. The minimum absolute atomic E-state index is 0.0420. The van der Waals surface area contributed by atoms with E-state index >= 15 is 0 Å². The number of benzene rings is 1. The van der Waals surface area contributed by atoms with Gasteiger partial charge in [-0.3, -0.25) is 4.79 Å². The number of nitrogens with one attached hydrogen (secondary N) is 1. The van der Waals surface area contributed by atoms with Crippen LogP contribution in [0.5, 0.6) is 5.75 Å². The zero-order valence-corrected chi connectivity index (χ0v) is 15.6. The lowest BCUT2D eigenvalue weighted by Crippen LogP contribution is -2.66. The molecule has 27 heavy (non-hydrogen) atoms. The van der Waals surface area contributed by atoms with Crippen LogP contribution in [0.4, 0.5) is 5.82 Å². The van der Waals surface area contributed by atoms with E-state index in [9.17, 15) is 4.79 Å². The summed E-state index contributed by atoms with van der Waals surface area (Å²) >= 11 is 0. The number of amides is 1. The van der Waals surface area contributed by atoms with Gasteiger partial charge in [0.05, 0.1) is 20.2 Å². The predicted molar refractivity (Wildman–Crippen MR) is 103 cm³/mol. The van der Waals surface area contributed by atoms with Gasteiger partial charge in [0.15, 0.2) is 0 Å². The molecule has 2 aliphatic heterocycles. The maximum atomic E-state index is 12.7. The van der Waals surface area contributed by atoms with Gasteiger partial charge in [-0.05, 0) is 49.1 Å². The molecule has 1 unspecified atom stereocenters. The maximum absolute atomic E-state index is 12.7. The van der Waals surface area contributed by atoms with E-state index in [1.165, 1.54) is 0 Å². The summed E-state index contributed by atoms with van der Waals surface area (Å²) in [5.74, 6) is 2.10. The van der Waals surface area contributed by atoms with Gasteiger partial charge >= 0.3 is 0 Å². The first kappa shape index (κ1) is 17.8. The third-order valence-corrected chi connectivity index (χ3v) is 5.58. The van der Waals surface area contributed by atoms with Crippen molar-refractivity contribution in [3.8, 4) is 5.75 Å². The first-order valence-electron chi connectivity index (χ1n) is 9.42. The molecule has 1 atom stereocenters. The van der Waals surface area contributed by atoms with Crippen LogP contribution in [0.25, 0.3) is 0 Å². The highest BCUT2D eigenvalue weighted by Crippen LogP contribution is 2.42. The molecule has 0 bridgehead atoms. The van der Waals surface area contributed by atoms with Gasteiger partial charge in [0.1, 0.15) is 17.2 Å². The van der Waals surface area contributed by atoms with E-state index in [0.29, 0.717) is 30.3 Å². The van der Waals surface area contributed by atoms with Crippen molar-refractivity contribution in [2.75, 3.05) is 38.7 Å². The molecule has 1 amide bonds. The lowest BCUT2D eigenvalue weighted by Gasteiger charge is -2.50. The van der Waals surface area contributed by atoms with E-state index in [-0.39, 0.29) is 11.5 Å². The minimum Gasteiger partial charge on any atom is -0.497 e. The molecule has 2 saturated heterocycles. The molecule has 0 aliphatic carbocycles. The summed E-state index contributed by atoms with van der Waals surface area (Å²) in [4.78, 5) is 18.9. The van der Waals surface area contributed by atoms with E-state index in [0.717, 1.165) is 31.8 Å². The summed E-state index contributed by atoms with van der Waals surface area (Å²) in [5, 5.41) is 3.37.